The third-order valence-corrected chi connectivity index (χ3v) is 3.52. The van der Waals surface area contributed by atoms with E-state index in [0.29, 0.717) is 12.0 Å². The van der Waals surface area contributed by atoms with Crippen LogP contribution in [0.2, 0.25) is 0 Å². The molecule has 0 saturated heterocycles. The predicted octanol–water partition coefficient (Wildman–Crippen LogP) is 2.62. The topological polar surface area (TPSA) is 18.5 Å². The lowest BCUT2D eigenvalue weighted by molar-refractivity contribution is -0.0570. The van der Waals surface area contributed by atoms with Gasteiger partial charge in [-0.25, -0.2) is 0 Å². The van der Waals surface area contributed by atoms with E-state index in [1.165, 1.54) is 25.7 Å². The monoisotopic (exact) mass is 186 g/mol. The van der Waals surface area contributed by atoms with E-state index in [2.05, 4.69) is 13.8 Å². The first-order chi connectivity index (χ1) is 6.10. The number of methoxy groups -OCH3 is 2. The number of rotatable bonds is 3. The van der Waals surface area contributed by atoms with Gasteiger partial charge in [0.25, 0.3) is 0 Å². The minimum absolute atomic E-state index is 0.0404. The zero-order valence-electron chi connectivity index (χ0n) is 9.30. The molecule has 0 atom stereocenters. The fourth-order valence-corrected chi connectivity index (χ4v) is 2.16. The molecule has 0 spiro atoms. The molecule has 1 aliphatic rings. The Morgan fingerprint density at radius 2 is 1.54 bits per heavy atom. The first-order valence-electron chi connectivity index (χ1n) is 5.18. The zero-order chi connectivity index (χ0) is 9.90. The van der Waals surface area contributed by atoms with Crippen molar-refractivity contribution in [1.82, 2.24) is 0 Å². The summed E-state index contributed by atoms with van der Waals surface area (Å²) in [6.07, 6.45) is 5.34. The molecule has 0 bridgehead atoms. The first-order valence-corrected chi connectivity index (χ1v) is 5.18. The molecule has 1 aliphatic carbocycles. The molecule has 0 aromatic rings. The van der Waals surface area contributed by atoms with Crippen molar-refractivity contribution in [2.24, 2.45) is 5.92 Å². The van der Waals surface area contributed by atoms with Crippen molar-refractivity contribution in [3.05, 3.63) is 0 Å². The Hall–Kier alpha value is -0.0800. The molecule has 0 aromatic heterocycles. The third kappa shape index (κ3) is 2.68. The highest BCUT2D eigenvalue weighted by atomic mass is 16.5. The summed E-state index contributed by atoms with van der Waals surface area (Å²) in [5, 5.41) is 0. The Balaban J connectivity index is 2.40. The van der Waals surface area contributed by atoms with E-state index in [1.54, 1.807) is 0 Å². The summed E-state index contributed by atoms with van der Waals surface area (Å²) >= 11 is 0. The van der Waals surface area contributed by atoms with Gasteiger partial charge >= 0.3 is 0 Å². The van der Waals surface area contributed by atoms with Gasteiger partial charge in [-0.3, -0.25) is 0 Å². The number of ether oxygens (including phenoxy) is 2. The maximum absolute atomic E-state index is 5.51. The van der Waals surface area contributed by atoms with Crippen LogP contribution in [0.3, 0.4) is 0 Å². The predicted molar refractivity (Wildman–Crippen MR) is 53.8 cm³/mol. The van der Waals surface area contributed by atoms with Crippen LogP contribution in [-0.4, -0.2) is 25.9 Å². The fraction of sp³-hybridized carbons (Fsp3) is 1.00. The molecule has 0 aromatic carbocycles. The van der Waals surface area contributed by atoms with E-state index in [-0.39, 0.29) is 5.60 Å². The summed E-state index contributed by atoms with van der Waals surface area (Å²) in [4.78, 5) is 0. The van der Waals surface area contributed by atoms with Crippen molar-refractivity contribution in [3.8, 4) is 0 Å². The van der Waals surface area contributed by atoms with Crippen LogP contribution in [-0.2, 0) is 9.47 Å². The van der Waals surface area contributed by atoms with Crippen molar-refractivity contribution >= 4 is 0 Å². The van der Waals surface area contributed by atoms with Crippen LogP contribution in [0.25, 0.3) is 0 Å². The second-order valence-corrected chi connectivity index (χ2v) is 4.52. The minimum Gasteiger partial charge on any atom is -0.381 e. The molecule has 2 nitrogen and oxygen atoms in total. The zero-order valence-corrected chi connectivity index (χ0v) is 9.30. The van der Waals surface area contributed by atoms with Gasteiger partial charge in [-0.15, -0.1) is 0 Å². The molecule has 0 radical (unpaired) electrons. The SMILES string of the molecule is COC1CCC(C(C)(C)OC)CC1. The Morgan fingerprint density at radius 3 is 1.92 bits per heavy atom. The van der Waals surface area contributed by atoms with Crippen LogP contribution in [0.5, 0.6) is 0 Å². The molecule has 0 unspecified atom stereocenters. The van der Waals surface area contributed by atoms with Gasteiger partial charge in [-0.2, -0.15) is 0 Å². The largest absolute Gasteiger partial charge is 0.381 e. The number of hydrogen-bond acceptors (Lipinski definition) is 2. The van der Waals surface area contributed by atoms with Gasteiger partial charge in [0.15, 0.2) is 0 Å². The van der Waals surface area contributed by atoms with Crippen LogP contribution in [0.1, 0.15) is 39.5 Å². The van der Waals surface area contributed by atoms with Crippen molar-refractivity contribution < 1.29 is 9.47 Å². The van der Waals surface area contributed by atoms with E-state index >= 15 is 0 Å². The van der Waals surface area contributed by atoms with E-state index < -0.39 is 0 Å². The smallest absolute Gasteiger partial charge is 0.0650 e. The maximum Gasteiger partial charge on any atom is 0.0650 e. The average Bonchev–Trinajstić information content (AvgIpc) is 2.18. The molecule has 0 N–H and O–H groups in total. The maximum atomic E-state index is 5.51. The molecule has 78 valence electrons. The lowest BCUT2D eigenvalue weighted by atomic mass is 9.78. The highest BCUT2D eigenvalue weighted by Crippen LogP contribution is 2.35. The molecule has 2 heteroatoms. The highest BCUT2D eigenvalue weighted by Gasteiger charge is 2.32. The van der Waals surface area contributed by atoms with Crippen molar-refractivity contribution in [2.45, 2.75) is 51.2 Å². The quantitative estimate of drug-likeness (QED) is 0.674. The Kier molecular flexibility index (Phi) is 3.74. The van der Waals surface area contributed by atoms with Gasteiger partial charge in [-0.1, -0.05) is 0 Å². The normalized spacial score (nSPS) is 30.5. The number of hydrogen-bond donors (Lipinski definition) is 0. The van der Waals surface area contributed by atoms with Crippen LogP contribution >= 0.6 is 0 Å². The molecule has 1 rings (SSSR count). The summed E-state index contributed by atoms with van der Waals surface area (Å²) in [6, 6.07) is 0. The van der Waals surface area contributed by atoms with E-state index in [9.17, 15) is 0 Å². The van der Waals surface area contributed by atoms with E-state index in [4.69, 9.17) is 9.47 Å². The van der Waals surface area contributed by atoms with Gasteiger partial charge in [0.2, 0.25) is 0 Å². The first kappa shape index (κ1) is 11.0. The van der Waals surface area contributed by atoms with Crippen molar-refractivity contribution in [2.75, 3.05) is 14.2 Å². The summed E-state index contributed by atoms with van der Waals surface area (Å²) in [5.41, 5.74) is 0.0404. The summed E-state index contributed by atoms with van der Waals surface area (Å²) in [5.74, 6) is 0.698. The third-order valence-electron chi connectivity index (χ3n) is 3.52. The van der Waals surface area contributed by atoms with Gasteiger partial charge in [0.1, 0.15) is 0 Å². The average molecular weight is 186 g/mol. The summed E-state index contributed by atoms with van der Waals surface area (Å²) in [6.45, 7) is 4.37. The molecule has 0 amide bonds. The molecular weight excluding hydrogens is 164 g/mol. The van der Waals surface area contributed by atoms with Gasteiger partial charge in [-0.05, 0) is 45.4 Å². The van der Waals surface area contributed by atoms with Gasteiger partial charge in [0, 0.05) is 14.2 Å². The standard InChI is InChI=1S/C11H22O2/c1-11(2,13-4)9-5-7-10(12-3)8-6-9/h9-10H,5-8H2,1-4H3. The van der Waals surface area contributed by atoms with Crippen molar-refractivity contribution in [3.63, 3.8) is 0 Å². The lowest BCUT2D eigenvalue weighted by Gasteiger charge is -2.37. The van der Waals surface area contributed by atoms with Gasteiger partial charge < -0.3 is 9.47 Å². The van der Waals surface area contributed by atoms with E-state index in [1.807, 2.05) is 14.2 Å². The Morgan fingerprint density at radius 1 is 1.00 bits per heavy atom. The minimum atomic E-state index is 0.0404. The molecule has 0 aliphatic heterocycles. The Labute approximate surface area is 81.6 Å². The van der Waals surface area contributed by atoms with Crippen molar-refractivity contribution in [1.29, 1.82) is 0 Å². The van der Waals surface area contributed by atoms with Gasteiger partial charge in [0.05, 0.1) is 11.7 Å². The second kappa shape index (κ2) is 4.43. The van der Waals surface area contributed by atoms with Crippen LogP contribution in [0.15, 0.2) is 0 Å². The van der Waals surface area contributed by atoms with Crippen LogP contribution in [0, 0.1) is 5.92 Å². The van der Waals surface area contributed by atoms with Crippen LogP contribution in [0.4, 0.5) is 0 Å². The molecule has 0 heterocycles. The Bertz CT molecular complexity index is 146. The van der Waals surface area contributed by atoms with Crippen LogP contribution < -0.4 is 0 Å². The summed E-state index contributed by atoms with van der Waals surface area (Å²) < 4.78 is 10.9. The molecule has 1 saturated carbocycles. The highest BCUT2D eigenvalue weighted by molar-refractivity contribution is 4.84. The molecule has 13 heavy (non-hydrogen) atoms. The molecule has 1 fully saturated rings. The fourth-order valence-electron chi connectivity index (χ4n) is 2.16. The van der Waals surface area contributed by atoms with E-state index in [0.717, 1.165) is 0 Å². The second-order valence-electron chi connectivity index (χ2n) is 4.52. The summed E-state index contributed by atoms with van der Waals surface area (Å²) in [7, 11) is 3.62. The lowest BCUT2D eigenvalue weighted by Crippen LogP contribution is -2.37. The molecular formula is C11H22O2.